The van der Waals surface area contributed by atoms with Crippen LogP contribution in [0, 0.1) is 17.2 Å². The number of rotatable bonds is 3. The molecule has 1 N–H and O–H groups in total. The van der Waals surface area contributed by atoms with Crippen molar-refractivity contribution in [2.24, 2.45) is 11.3 Å². The normalized spacial score (nSPS) is 27.1. The fourth-order valence-corrected chi connectivity index (χ4v) is 3.25. The van der Waals surface area contributed by atoms with Crippen LogP contribution in [0.25, 0.3) is 0 Å². The van der Waals surface area contributed by atoms with Gasteiger partial charge in [-0.1, -0.05) is 26.0 Å². The Labute approximate surface area is 110 Å². The molecule has 0 radical (unpaired) electrons. The molecule has 2 rings (SSSR count). The lowest BCUT2D eigenvalue weighted by Crippen LogP contribution is -2.33. The molecule has 0 aromatic heterocycles. The number of hydrogen-bond acceptors (Lipinski definition) is 1. The van der Waals surface area contributed by atoms with Crippen LogP contribution in [0.4, 0.5) is 4.39 Å². The van der Waals surface area contributed by atoms with Gasteiger partial charge in [-0.2, -0.15) is 0 Å². The highest BCUT2D eigenvalue weighted by Crippen LogP contribution is 2.46. The van der Waals surface area contributed by atoms with E-state index in [1.54, 1.807) is 12.1 Å². The van der Waals surface area contributed by atoms with Gasteiger partial charge < -0.3 is 5.32 Å². The molecule has 0 amide bonds. The summed E-state index contributed by atoms with van der Waals surface area (Å²) in [6.45, 7) is 5.75. The first-order valence-corrected chi connectivity index (χ1v) is 6.92. The van der Waals surface area contributed by atoms with Gasteiger partial charge in [0.05, 0.1) is 0 Å². The zero-order valence-corrected chi connectivity index (χ0v) is 11.7. The minimum absolute atomic E-state index is 0.140. The molecule has 0 aliphatic heterocycles. The van der Waals surface area contributed by atoms with Crippen molar-refractivity contribution in [3.8, 4) is 0 Å². The van der Waals surface area contributed by atoms with Crippen molar-refractivity contribution in [2.75, 3.05) is 13.6 Å². The lowest BCUT2D eigenvalue weighted by molar-refractivity contribution is 0.161. The van der Waals surface area contributed by atoms with Crippen LogP contribution in [0.3, 0.4) is 0 Å². The molecule has 2 heteroatoms. The van der Waals surface area contributed by atoms with Crippen molar-refractivity contribution in [1.29, 1.82) is 0 Å². The molecule has 100 valence electrons. The third-order valence-electron chi connectivity index (χ3n) is 4.30. The highest BCUT2D eigenvalue weighted by atomic mass is 19.1. The van der Waals surface area contributed by atoms with Gasteiger partial charge in [-0.25, -0.2) is 4.39 Å². The lowest BCUT2D eigenvalue weighted by Gasteiger charge is -2.41. The van der Waals surface area contributed by atoms with Crippen molar-refractivity contribution in [3.05, 3.63) is 35.6 Å². The molecule has 1 nitrogen and oxygen atoms in total. The molecule has 1 aromatic rings. The van der Waals surface area contributed by atoms with E-state index >= 15 is 0 Å². The Bertz CT molecular complexity index is 383. The standard InChI is InChI=1S/C16H24FN/c1-16(2)9-8-13(11-18-3)15(10-16)12-4-6-14(17)7-5-12/h4-7,13,15,18H,8-11H2,1-3H3. The first kappa shape index (κ1) is 13.5. The first-order valence-electron chi connectivity index (χ1n) is 6.92. The molecular weight excluding hydrogens is 225 g/mol. The van der Waals surface area contributed by atoms with E-state index in [0.717, 1.165) is 6.54 Å². The van der Waals surface area contributed by atoms with Gasteiger partial charge in [0.1, 0.15) is 5.82 Å². The fourth-order valence-electron chi connectivity index (χ4n) is 3.25. The van der Waals surface area contributed by atoms with E-state index in [2.05, 4.69) is 19.2 Å². The summed E-state index contributed by atoms with van der Waals surface area (Å²) in [4.78, 5) is 0. The van der Waals surface area contributed by atoms with Crippen LogP contribution >= 0.6 is 0 Å². The van der Waals surface area contributed by atoms with E-state index < -0.39 is 0 Å². The van der Waals surface area contributed by atoms with Crippen molar-refractivity contribution in [2.45, 2.75) is 39.0 Å². The van der Waals surface area contributed by atoms with Gasteiger partial charge in [0, 0.05) is 0 Å². The topological polar surface area (TPSA) is 12.0 Å². The van der Waals surface area contributed by atoms with Crippen molar-refractivity contribution >= 4 is 0 Å². The minimum atomic E-state index is -0.140. The lowest BCUT2D eigenvalue weighted by atomic mass is 9.65. The van der Waals surface area contributed by atoms with Crippen LogP contribution in [0.1, 0.15) is 44.6 Å². The largest absolute Gasteiger partial charge is 0.319 e. The SMILES string of the molecule is CNCC1CCC(C)(C)CC1c1ccc(F)cc1. The van der Waals surface area contributed by atoms with Gasteiger partial charge in [-0.05, 0) is 67.8 Å². The highest BCUT2D eigenvalue weighted by molar-refractivity contribution is 5.22. The van der Waals surface area contributed by atoms with Crippen LogP contribution in [0.2, 0.25) is 0 Å². The summed E-state index contributed by atoms with van der Waals surface area (Å²) in [6, 6.07) is 7.11. The van der Waals surface area contributed by atoms with E-state index in [-0.39, 0.29) is 5.82 Å². The fraction of sp³-hybridized carbons (Fsp3) is 0.625. The molecule has 1 aliphatic carbocycles. The Morgan fingerprint density at radius 3 is 2.56 bits per heavy atom. The van der Waals surface area contributed by atoms with E-state index in [9.17, 15) is 4.39 Å². The average Bonchev–Trinajstić information content (AvgIpc) is 2.32. The molecule has 0 heterocycles. The second-order valence-corrected chi connectivity index (χ2v) is 6.38. The molecular formula is C16H24FN. The predicted molar refractivity (Wildman–Crippen MR) is 74.2 cm³/mol. The van der Waals surface area contributed by atoms with Crippen LogP contribution < -0.4 is 5.32 Å². The van der Waals surface area contributed by atoms with Crippen molar-refractivity contribution < 1.29 is 4.39 Å². The van der Waals surface area contributed by atoms with Gasteiger partial charge in [0.15, 0.2) is 0 Å². The van der Waals surface area contributed by atoms with E-state index in [4.69, 9.17) is 0 Å². The molecule has 2 unspecified atom stereocenters. The molecule has 0 saturated heterocycles. The second-order valence-electron chi connectivity index (χ2n) is 6.38. The maximum Gasteiger partial charge on any atom is 0.123 e. The van der Waals surface area contributed by atoms with Crippen LogP contribution in [0.5, 0.6) is 0 Å². The Morgan fingerprint density at radius 1 is 1.28 bits per heavy atom. The smallest absolute Gasteiger partial charge is 0.123 e. The summed E-state index contributed by atoms with van der Waals surface area (Å²) in [6.07, 6.45) is 3.75. The summed E-state index contributed by atoms with van der Waals surface area (Å²) in [7, 11) is 2.02. The molecule has 0 bridgehead atoms. The third kappa shape index (κ3) is 3.11. The third-order valence-corrected chi connectivity index (χ3v) is 4.30. The summed E-state index contributed by atoms with van der Waals surface area (Å²) in [5.41, 5.74) is 1.70. The Hall–Kier alpha value is -0.890. The minimum Gasteiger partial charge on any atom is -0.319 e. The summed E-state index contributed by atoms with van der Waals surface area (Å²) >= 11 is 0. The van der Waals surface area contributed by atoms with E-state index in [1.165, 1.54) is 24.8 Å². The van der Waals surface area contributed by atoms with Gasteiger partial charge in [-0.15, -0.1) is 0 Å². The second kappa shape index (κ2) is 5.40. The van der Waals surface area contributed by atoms with Crippen LogP contribution in [0.15, 0.2) is 24.3 Å². The van der Waals surface area contributed by atoms with Gasteiger partial charge in [0.25, 0.3) is 0 Å². The molecule has 1 saturated carbocycles. The first-order chi connectivity index (χ1) is 8.52. The molecule has 2 atom stereocenters. The number of benzene rings is 1. The molecule has 18 heavy (non-hydrogen) atoms. The van der Waals surface area contributed by atoms with Gasteiger partial charge >= 0.3 is 0 Å². The molecule has 1 fully saturated rings. The van der Waals surface area contributed by atoms with E-state index in [0.29, 0.717) is 17.3 Å². The molecule has 0 spiro atoms. The molecule has 1 aromatic carbocycles. The van der Waals surface area contributed by atoms with E-state index in [1.807, 2.05) is 19.2 Å². The Kier molecular flexibility index (Phi) is 4.06. The zero-order valence-electron chi connectivity index (χ0n) is 11.7. The highest BCUT2D eigenvalue weighted by Gasteiger charge is 2.35. The maximum atomic E-state index is 13.0. The summed E-state index contributed by atoms with van der Waals surface area (Å²) in [5, 5.41) is 3.30. The zero-order chi connectivity index (χ0) is 13.2. The van der Waals surface area contributed by atoms with Crippen molar-refractivity contribution in [1.82, 2.24) is 5.32 Å². The van der Waals surface area contributed by atoms with Gasteiger partial charge in [-0.3, -0.25) is 0 Å². The predicted octanol–water partition coefficient (Wildman–Crippen LogP) is 3.96. The summed E-state index contributed by atoms with van der Waals surface area (Å²) in [5.74, 6) is 1.09. The Morgan fingerprint density at radius 2 is 1.94 bits per heavy atom. The van der Waals surface area contributed by atoms with Gasteiger partial charge in [0.2, 0.25) is 0 Å². The quantitative estimate of drug-likeness (QED) is 0.855. The number of halogens is 1. The molecule has 1 aliphatic rings. The maximum absolute atomic E-state index is 13.0. The van der Waals surface area contributed by atoms with Crippen LogP contribution in [-0.2, 0) is 0 Å². The number of hydrogen-bond donors (Lipinski definition) is 1. The summed E-state index contributed by atoms with van der Waals surface area (Å²) < 4.78 is 13.0. The monoisotopic (exact) mass is 249 g/mol. The average molecular weight is 249 g/mol. The van der Waals surface area contributed by atoms with Crippen molar-refractivity contribution in [3.63, 3.8) is 0 Å². The Balaban J connectivity index is 2.21. The number of nitrogens with one attached hydrogen (secondary N) is 1. The van der Waals surface area contributed by atoms with Crippen LogP contribution in [-0.4, -0.2) is 13.6 Å².